The molecule has 0 aromatic rings. The minimum absolute atomic E-state index is 0.285. The molecule has 0 aliphatic rings. The van der Waals surface area contributed by atoms with Gasteiger partial charge in [-0.1, -0.05) is 34.1 Å². The first-order chi connectivity index (χ1) is 6.96. The Balaban J connectivity index is 3.94. The number of nitrogens with one attached hydrogen (secondary N) is 1. The lowest BCUT2D eigenvalue weighted by Gasteiger charge is -2.28. The minimum Gasteiger partial charge on any atom is -0.396 e. The van der Waals surface area contributed by atoms with Gasteiger partial charge in [0.05, 0.1) is 0 Å². The molecule has 2 N–H and O–H groups in total. The standard InChI is InChI=1S/C13H29NO/c1-6-13(3,4)9-7-11(2)12(14-5)8-10-15/h11-12,14-15H,6-10H2,1-5H3. The van der Waals surface area contributed by atoms with E-state index in [1.807, 2.05) is 7.05 Å². The summed E-state index contributed by atoms with van der Waals surface area (Å²) < 4.78 is 0. The van der Waals surface area contributed by atoms with Crippen molar-refractivity contribution in [2.24, 2.45) is 11.3 Å². The Hall–Kier alpha value is -0.0800. The number of rotatable bonds is 8. The predicted octanol–water partition coefficient (Wildman–Crippen LogP) is 2.81. The van der Waals surface area contributed by atoms with Crippen LogP contribution in [0.15, 0.2) is 0 Å². The van der Waals surface area contributed by atoms with E-state index < -0.39 is 0 Å². The first-order valence-electron chi connectivity index (χ1n) is 6.25. The molecule has 0 saturated carbocycles. The maximum absolute atomic E-state index is 8.95. The van der Waals surface area contributed by atoms with Crippen LogP contribution >= 0.6 is 0 Å². The van der Waals surface area contributed by atoms with Gasteiger partial charge in [-0.2, -0.15) is 0 Å². The van der Waals surface area contributed by atoms with E-state index in [4.69, 9.17) is 5.11 Å². The topological polar surface area (TPSA) is 32.3 Å². The van der Waals surface area contributed by atoms with Crippen LogP contribution in [0, 0.1) is 11.3 Å². The Morgan fingerprint density at radius 1 is 1.27 bits per heavy atom. The van der Waals surface area contributed by atoms with Crippen molar-refractivity contribution in [1.29, 1.82) is 0 Å². The smallest absolute Gasteiger partial charge is 0.0445 e. The molecule has 0 radical (unpaired) electrons. The first-order valence-corrected chi connectivity index (χ1v) is 6.25. The monoisotopic (exact) mass is 215 g/mol. The van der Waals surface area contributed by atoms with Gasteiger partial charge in [-0.05, 0) is 37.6 Å². The fourth-order valence-corrected chi connectivity index (χ4v) is 1.85. The van der Waals surface area contributed by atoms with E-state index in [-0.39, 0.29) is 6.61 Å². The molecule has 0 aliphatic heterocycles. The third kappa shape index (κ3) is 6.16. The molecule has 2 nitrogen and oxygen atoms in total. The summed E-state index contributed by atoms with van der Waals surface area (Å²) >= 11 is 0. The lowest BCUT2D eigenvalue weighted by molar-refractivity contribution is 0.222. The Morgan fingerprint density at radius 2 is 1.87 bits per heavy atom. The third-order valence-corrected chi connectivity index (χ3v) is 3.73. The molecular formula is C13H29NO. The van der Waals surface area contributed by atoms with E-state index >= 15 is 0 Å². The van der Waals surface area contributed by atoms with Gasteiger partial charge >= 0.3 is 0 Å². The fourth-order valence-electron chi connectivity index (χ4n) is 1.85. The predicted molar refractivity (Wildman–Crippen MR) is 67.0 cm³/mol. The minimum atomic E-state index is 0.285. The highest BCUT2D eigenvalue weighted by Crippen LogP contribution is 2.29. The average Bonchev–Trinajstić information content (AvgIpc) is 2.22. The van der Waals surface area contributed by atoms with E-state index in [0.717, 1.165) is 6.42 Å². The summed E-state index contributed by atoms with van der Waals surface area (Å²) in [6.07, 6.45) is 4.62. The molecule has 92 valence electrons. The van der Waals surface area contributed by atoms with Crippen LogP contribution in [0.2, 0.25) is 0 Å². The molecule has 0 amide bonds. The molecule has 0 bridgehead atoms. The average molecular weight is 215 g/mol. The third-order valence-electron chi connectivity index (χ3n) is 3.73. The Labute approximate surface area is 95.5 Å². The normalized spacial score (nSPS) is 16.4. The number of hydrogen-bond donors (Lipinski definition) is 2. The highest BCUT2D eigenvalue weighted by atomic mass is 16.3. The van der Waals surface area contributed by atoms with Crippen LogP contribution in [-0.2, 0) is 0 Å². The zero-order valence-corrected chi connectivity index (χ0v) is 11.1. The summed E-state index contributed by atoms with van der Waals surface area (Å²) in [7, 11) is 1.99. The number of aliphatic hydroxyl groups excluding tert-OH is 1. The summed E-state index contributed by atoms with van der Waals surface area (Å²) in [6, 6.07) is 0.461. The number of aliphatic hydroxyl groups is 1. The van der Waals surface area contributed by atoms with Gasteiger partial charge in [0.25, 0.3) is 0 Å². The summed E-state index contributed by atoms with van der Waals surface area (Å²) in [5, 5.41) is 12.2. The van der Waals surface area contributed by atoms with E-state index in [0.29, 0.717) is 17.4 Å². The molecule has 0 aromatic heterocycles. The second kappa shape index (κ2) is 7.24. The van der Waals surface area contributed by atoms with Crippen LogP contribution in [-0.4, -0.2) is 24.8 Å². The number of hydrogen-bond acceptors (Lipinski definition) is 2. The summed E-state index contributed by atoms with van der Waals surface area (Å²) in [6.45, 7) is 9.49. The van der Waals surface area contributed by atoms with E-state index in [9.17, 15) is 0 Å². The van der Waals surface area contributed by atoms with Crippen molar-refractivity contribution >= 4 is 0 Å². The van der Waals surface area contributed by atoms with Gasteiger partial charge < -0.3 is 10.4 Å². The zero-order valence-electron chi connectivity index (χ0n) is 11.1. The van der Waals surface area contributed by atoms with Crippen LogP contribution in [0.4, 0.5) is 0 Å². The van der Waals surface area contributed by atoms with E-state index in [2.05, 4.69) is 33.0 Å². The van der Waals surface area contributed by atoms with Gasteiger partial charge in [0.2, 0.25) is 0 Å². The largest absolute Gasteiger partial charge is 0.396 e. The lowest BCUT2D eigenvalue weighted by atomic mass is 9.81. The molecule has 2 atom stereocenters. The molecule has 0 heterocycles. The molecule has 2 heteroatoms. The quantitative estimate of drug-likeness (QED) is 0.652. The van der Waals surface area contributed by atoms with Gasteiger partial charge in [0.1, 0.15) is 0 Å². The van der Waals surface area contributed by atoms with Crippen LogP contribution in [0.3, 0.4) is 0 Å². The van der Waals surface area contributed by atoms with Crippen molar-refractivity contribution in [2.45, 2.75) is 59.4 Å². The van der Waals surface area contributed by atoms with Gasteiger partial charge in [-0.15, -0.1) is 0 Å². The van der Waals surface area contributed by atoms with Crippen molar-refractivity contribution in [1.82, 2.24) is 5.32 Å². The molecule has 0 spiro atoms. The van der Waals surface area contributed by atoms with Crippen molar-refractivity contribution in [3.8, 4) is 0 Å². The van der Waals surface area contributed by atoms with Gasteiger partial charge in [0, 0.05) is 12.6 Å². The highest BCUT2D eigenvalue weighted by molar-refractivity contribution is 4.75. The molecular weight excluding hydrogens is 186 g/mol. The van der Waals surface area contributed by atoms with Crippen LogP contribution < -0.4 is 5.32 Å². The Morgan fingerprint density at radius 3 is 2.27 bits per heavy atom. The molecule has 2 unspecified atom stereocenters. The highest BCUT2D eigenvalue weighted by Gasteiger charge is 2.20. The zero-order chi connectivity index (χ0) is 11.9. The van der Waals surface area contributed by atoms with Crippen LogP contribution in [0.1, 0.15) is 53.4 Å². The summed E-state index contributed by atoms with van der Waals surface area (Å²) in [4.78, 5) is 0. The molecule has 0 aliphatic carbocycles. The van der Waals surface area contributed by atoms with Gasteiger partial charge in [-0.25, -0.2) is 0 Å². The van der Waals surface area contributed by atoms with Crippen LogP contribution in [0.5, 0.6) is 0 Å². The molecule has 0 saturated heterocycles. The molecule has 15 heavy (non-hydrogen) atoms. The van der Waals surface area contributed by atoms with E-state index in [1.165, 1.54) is 19.3 Å². The Kier molecular flexibility index (Phi) is 7.20. The molecule has 0 fully saturated rings. The van der Waals surface area contributed by atoms with Gasteiger partial charge in [0.15, 0.2) is 0 Å². The van der Waals surface area contributed by atoms with Crippen molar-refractivity contribution < 1.29 is 5.11 Å². The Bertz CT molecular complexity index is 157. The SMILES string of the molecule is CCC(C)(C)CCC(C)C(CCO)NC. The summed E-state index contributed by atoms with van der Waals surface area (Å²) in [5.41, 5.74) is 0.464. The van der Waals surface area contributed by atoms with Crippen molar-refractivity contribution in [3.05, 3.63) is 0 Å². The first kappa shape index (κ1) is 14.9. The second-order valence-electron chi connectivity index (χ2n) is 5.44. The summed E-state index contributed by atoms with van der Waals surface area (Å²) in [5.74, 6) is 0.646. The van der Waals surface area contributed by atoms with E-state index in [1.54, 1.807) is 0 Å². The van der Waals surface area contributed by atoms with Crippen LogP contribution in [0.25, 0.3) is 0 Å². The lowest BCUT2D eigenvalue weighted by Crippen LogP contribution is -2.33. The molecule has 0 aromatic carbocycles. The maximum atomic E-state index is 8.95. The van der Waals surface area contributed by atoms with Crippen molar-refractivity contribution in [2.75, 3.05) is 13.7 Å². The second-order valence-corrected chi connectivity index (χ2v) is 5.44. The van der Waals surface area contributed by atoms with Gasteiger partial charge in [-0.3, -0.25) is 0 Å². The maximum Gasteiger partial charge on any atom is 0.0445 e. The fraction of sp³-hybridized carbons (Fsp3) is 1.00. The van der Waals surface area contributed by atoms with Crippen molar-refractivity contribution in [3.63, 3.8) is 0 Å². The molecule has 0 rings (SSSR count).